The number of benzene rings is 2. The molecule has 0 amide bonds. The Bertz CT molecular complexity index is 822. The maximum Gasteiger partial charge on any atom is 0.180 e. The Morgan fingerprint density at radius 3 is 2.57 bits per heavy atom. The fourth-order valence-corrected chi connectivity index (χ4v) is 4.70. The van der Waals surface area contributed by atoms with Crippen LogP contribution in [0.3, 0.4) is 0 Å². The van der Waals surface area contributed by atoms with Gasteiger partial charge in [-0.1, -0.05) is 41.4 Å². The molecule has 150 valence electrons. The molecule has 1 atom stereocenters. The average Bonchev–Trinajstić information content (AvgIpc) is 2.73. The minimum absolute atomic E-state index is 0.340. The minimum Gasteiger partial charge on any atom is -0.493 e. The maximum absolute atomic E-state index is 6.53. The first-order valence-electron chi connectivity index (χ1n) is 9.82. The van der Waals surface area contributed by atoms with E-state index in [0.29, 0.717) is 34.2 Å². The van der Waals surface area contributed by atoms with Crippen LogP contribution in [0, 0.1) is 5.92 Å². The Labute approximate surface area is 176 Å². The Morgan fingerprint density at radius 2 is 1.89 bits per heavy atom. The van der Waals surface area contributed by atoms with E-state index >= 15 is 0 Å². The second kappa shape index (κ2) is 8.91. The first kappa shape index (κ1) is 19.8. The molecule has 6 heteroatoms. The largest absolute Gasteiger partial charge is 0.493 e. The zero-order valence-corrected chi connectivity index (χ0v) is 17.6. The molecule has 2 aromatic rings. The van der Waals surface area contributed by atoms with Crippen molar-refractivity contribution in [3.8, 4) is 11.5 Å². The molecule has 2 aromatic carbocycles. The summed E-state index contributed by atoms with van der Waals surface area (Å²) < 4.78 is 11.5. The van der Waals surface area contributed by atoms with E-state index < -0.39 is 0 Å². The number of fused-ring (bicyclic) bond motifs is 3. The van der Waals surface area contributed by atoms with Crippen LogP contribution in [0.1, 0.15) is 24.0 Å². The van der Waals surface area contributed by atoms with Crippen LogP contribution in [0.25, 0.3) is 0 Å². The number of nitrogens with one attached hydrogen (secondary N) is 1. The molecule has 3 fully saturated rings. The molecule has 3 aliphatic rings. The van der Waals surface area contributed by atoms with Gasteiger partial charge in [0.2, 0.25) is 0 Å². The highest BCUT2D eigenvalue weighted by molar-refractivity contribution is 6.32. The third-order valence-electron chi connectivity index (χ3n) is 5.84. The van der Waals surface area contributed by atoms with Gasteiger partial charge < -0.3 is 19.7 Å². The maximum atomic E-state index is 6.53. The summed E-state index contributed by atoms with van der Waals surface area (Å²) in [5.41, 5.74) is 2.01. The summed E-state index contributed by atoms with van der Waals surface area (Å²) in [5.74, 6) is 1.99. The van der Waals surface area contributed by atoms with Crippen molar-refractivity contribution >= 4 is 23.2 Å². The van der Waals surface area contributed by atoms with Gasteiger partial charge in [0.25, 0.3) is 0 Å². The van der Waals surface area contributed by atoms with Gasteiger partial charge in [-0.2, -0.15) is 0 Å². The molecule has 4 nitrogen and oxygen atoms in total. The highest BCUT2D eigenvalue weighted by atomic mass is 35.5. The molecule has 28 heavy (non-hydrogen) atoms. The van der Waals surface area contributed by atoms with Gasteiger partial charge in [0.05, 0.1) is 12.1 Å². The van der Waals surface area contributed by atoms with Crippen LogP contribution in [-0.4, -0.2) is 37.7 Å². The lowest BCUT2D eigenvalue weighted by molar-refractivity contribution is 0.0720. The molecule has 0 aromatic heterocycles. The summed E-state index contributed by atoms with van der Waals surface area (Å²) in [6.07, 6.45) is 2.60. The number of rotatable bonds is 7. The van der Waals surface area contributed by atoms with Gasteiger partial charge in [0.15, 0.2) is 11.5 Å². The number of halogens is 2. The molecule has 5 rings (SSSR count). The van der Waals surface area contributed by atoms with E-state index in [1.165, 1.54) is 25.9 Å². The topological polar surface area (TPSA) is 33.7 Å². The lowest BCUT2D eigenvalue weighted by atomic mass is 9.84. The van der Waals surface area contributed by atoms with Crippen molar-refractivity contribution in [2.24, 2.45) is 5.92 Å². The fourth-order valence-electron chi connectivity index (χ4n) is 4.23. The number of methoxy groups -OCH3 is 1. The number of hydrogen-bond acceptors (Lipinski definition) is 4. The van der Waals surface area contributed by atoms with Gasteiger partial charge in [0.1, 0.15) is 6.61 Å². The van der Waals surface area contributed by atoms with E-state index in [1.54, 1.807) is 7.11 Å². The highest BCUT2D eigenvalue weighted by Gasteiger charge is 2.33. The average molecular weight is 421 g/mol. The smallest absolute Gasteiger partial charge is 0.180 e. The van der Waals surface area contributed by atoms with Crippen molar-refractivity contribution in [3.63, 3.8) is 0 Å². The van der Waals surface area contributed by atoms with E-state index in [0.717, 1.165) is 30.1 Å². The van der Waals surface area contributed by atoms with Crippen LogP contribution in [-0.2, 0) is 13.2 Å². The van der Waals surface area contributed by atoms with Gasteiger partial charge in [0, 0.05) is 29.7 Å². The van der Waals surface area contributed by atoms with Crippen molar-refractivity contribution < 1.29 is 9.47 Å². The Balaban J connectivity index is 1.42. The van der Waals surface area contributed by atoms with Crippen LogP contribution >= 0.6 is 23.2 Å². The van der Waals surface area contributed by atoms with Crippen LogP contribution in [0.15, 0.2) is 36.4 Å². The summed E-state index contributed by atoms with van der Waals surface area (Å²) in [6.45, 7) is 4.76. The lowest BCUT2D eigenvalue weighted by Gasteiger charge is -2.45. The molecule has 0 aliphatic carbocycles. The monoisotopic (exact) mass is 420 g/mol. The second-order valence-electron chi connectivity index (χ2n) is 7.61. The fraction of sp³-hybridized carbons (Fsp3) is 0.455. The summed E-state index contributed by atoms with van der Waals surface area (Å²) in [5, 5.41) is 4.95. The van der Waals surface area contributed by atoms with E-state index in [2.05, 4.69) is 10.2 Å². The van der Waals surface area contributed by atoms with E-state index in [4.69, 9.17) is 32.7 Å². The van der Waals surface area contributed by atoms with Gasteiger partial charge in [-0.15, -0.1) is 0 Å². The van der Waals surface area contributed by atoms with Crippen LogP contribution in [0.4, 0.5) is 0 Å². The van der Waals surface area contributed by atoms with Crippen molar-refractivity contribution in [3.05, 3.63) is 57.6 Å². The van der Waals surface area contributed by atoms with Crippen LogP contribution in [0.5, 0.6) is 11.5 Å². The van der Waals surface area contributed by atoms with E-state index in [-0.39, 0.29) is 0 Å². The molecule has 0 saturated carbocycles. The number of nitrogens with zero attached hydrogens (tertiary/aromatic N) is 1. The van der Waals surface area contributed by atoms with Gasteiger partial charge >= 0.3 is 0 Å². The molecule has 2 bridgehead atoms. The van der Waals surface area contributed by atoms with Crippen molar-refractivity contribution in [1.82, 2.24) is 10.2 Å². The normalized spacial score (nSPS) is 23.6. The highest BCUT2D eigenvalue weighted by Crippen LogP contribution is 2.37. The zero-order chi connectivity index (χ0) is 19.5. The lowest BCUT2D eigenvalue weighted by Crippen LogP contribution is -2.55. The van der Waals surface area contributed by atoms with Gasteiger partial charge in [-0.05, 0) is 55.6 Å². The summed E-state index contributed by atoms with van der Waals surface area (Å²) >= 11 is 12.7. The SMILES string of the molecule is COc1cc(CNC2CN3CCC2CC3)cc(Cl)c1OCc1ccccc1Cl. The van der Waals surface area contributed by atoms with Crippen LogP contribution < -0.4 is 14.8 Å². The Kier molecular flexibility index (Phi) is 6.32. The molecule has 1 N–H and O–H groups in total. The number of ether oxygens (including phenoxy) is 2. The molecule has 1 unspecified atom stereocenters. The van der Waals surface area contributed by atoms with Crippen molar-refractivity contribution in [2.75, 3.05) is 26.7 Å². The molecule has 3 saturated heterocycles. The first-order chi connectivity index (χ1) is 13.6. The standard InChI is InChI=1S/C22H26Cl2N2O2/c1-27-21-11-15(12-25-20-13-26-8-6-16(20)7-9-26)10-19(24)22(21)28-14-17-4-2-3-5-18(17)23/h2-5,10-11,16,20,25H,6-9,12-14H2,1H3. The molecular formula is C22H26Cl2N2O2. The predicted octanol–water partition coefficient (Wildman–Crippen LogP) is 4.76. The van der Waals surface area contributed by atoms with Gasteiger partial charge in [-0.3, -0.25) is 0 Å². The van der Waals surface area contributed by atoms with Crippen molar-refractivity contribution in [1.29, 1.82) is 0 Å². The van der Waals surface area contributed by atoms with E-state index in [9.17, 15) is 0 Å². The predicted molar refractivity (Wildman–Crippen MR) is 114 cm³/mol. The zero-order valence-electron chi connectivity index (χ0n) is 16.1. The molecular weight excluding hydrogens is 395 g/mol. The minimum atomic E-state index is 0.340. The molecule has 3 aliphatic heterocycles. The summed E-state index contributed by atoms with van der Waals surface area (Å²) in [6, 6.07) is 12.1. The molecule has 0 radical (unpaired) electrons. The molecule has 0 spiro atoms. The first-order valence-corrected chi connectivity index (χ1v) is 10.6. The third kappa shape index (κ3) is 4.41. The van der Waals surface area contributed by atoms with Crippen LogP contribution in [0.2, 0.25) is 10.0 Å². The molecule has 3 heterocycles. The third-order valence-corrected chi connectivity index (χ3v) is 6.49. The van der Waals surface area contributed by atoms with Crippen molar-refractivity contribution in [2.45, 2.75) is 32.0 Å². The van der Waals surface area contributed by atoms with E-state index in [1.807, 2.05) is 36.4 Å². The number of hydrogen-bond donors (Lipinski definition) is 1. The second-order valence-corrected chi connectivity index (χ2v) is 8.43. The van der Waals surface area contributed by atoms with Gasteiger partial charge in [-0.25, -0.2) is 0 Å². The summed E-state index contributed by atoms with van der Waals surface area (Å²) in [4.78, 5) is 2.55. The number of piperidine rings is 3. The Morgan fingerprint density at radius 1 is 1.11 bits per heavy atom. The Hall–Kier alpha value is -1.46. The quantitative estimate of drug-likeness (QED) is 0.699. The summed E-state index contributed by atoms with van der Waals surface area (Å²) in [7, 11) is 1.64.